The number of rotatable bonds is 4. The highest BCUT2D eigenvalue weighted by Crippen LogP contribution is 2.34. The molecule has 0 saturated carbocycles. The van der Waals surface area contributed by atoms with E-state index in [4.69, 9.17) is 16.3 Å². The number of benzene rings is 1. The normalized spacial score (nSPS) is 10.7. The molecule has 3 heterocycles. The number of aromatic amines is 1. The molecule has 0 aliphatic rings. The van der Waals surface area contributed by atoms with E-state index < -0.39 is 0 Å². The van der Waals surface area contributed by atoms with Crippen molar-refractivity contribution in [2.45, 2.75) is 0 Å². The molecule has 26 heavy (non-hydrogen) atoms. The number of nitrogens with zero attached hydrogens (tertiary/aromatic N) is 2. The Kier molecular flexibility index (Phi) is 4.25. The number of aromatic nitrogens is 3. The highest BCUT2D eigenvalue weighted by molar-refractivity contribution is 6.32. The van der Waals surface area contributed by atoms with Crippen molar-refractivity contribution in [1.29, 1.82) is 0 Å². The first kappa shape index (κ1) is 16.1. The van der Waals surface area contributed by atoms with Crippen molar-refractivity contribution in [2.24, 2.45) is 0 Å². The van der Waals surface area contributed by atoms with Crippen molar-refractivity contribution < 1.29 is 9.53 Å². The number of fused-ring (bicyclic) bond motifs is 1. The van der Waals surface area contributed by atoms with Crippen LogP contribution in [0.5, 0.6) is 11.5 Å². The molecule has 0 unspecified atom stereocenters. The van der Waals surface area contributed by atoms with E-state index in [1.807, 2.05) is 6.07 Å². The van der Waals surface area contributed by atoms with Gasteiger partial charge in [0.25, 0.3) is 5.91 Å². The van der Waals surface area contributed by atoms with Gasteiger partial charge in [0.2, 0.25) is 0 Å². The molecule has 0 spiro atoms. The van der Waals surface area contributed by atoms with Crippen LogP contribution < -0.4 is 10.1 Å². The third kappa shape index (κ3) is 3.22. The molecule has 6 nitrogen and oxygen atoms in total. The largest absolute Gasteiger partial charge is 0.455 e. The van der Waals surface area contributed by atoms with Crippen LogP contribution in [0.25, 0.3) is 11.0 Å². The summed E-state index contributed by atoms with van der Waals surface area (Å²) in [5, 5.41) is 4.00. The lowest BCUT2D eigenvalue weighted by atomic mass is 10.2. The number of hydrogen-bond donors (Lipinski definition) is 2. The summed E-state index contributed by atoms with van der Waals surface area (Å²) in [6.45, 7) is 0. The molecule has 128 valence electrons. The van der Waals surface area contributed by atoms with E-state index >= 15 is 0 Å². The van der Waals surface area contributed by atoms with Crippen LogP contribution in [0.15, 0.2) is 67.1 Å². The highest BCUT2D eigenvalue weighted by Gasteiger charge is 2.11. The lowest BCUT2D eigenvalue weighted by molar-refractivity contribution is 0.102. The third-order valence-corrected chi connectivity index (χ3v) is 4.02. The van der Waals surface area contributed by atoms with Gasteiger partial charge in [0.15, 0.2) is 0 Å². The smallest absolute Gasteiger partial charge is 0.274 e. The average molecular weight is 365 g/mol. The van der Waals surface area contributed by atoms with Gasteiger partial charge in [-0.2, -0.15) is 0 Å². The molecule has 4 rings (SSSR count). The number of nitrogens with one attached hydrogen (secondary N) is 2. The third-order valence-electron chi connectivity index (χ3n) is 3.73. The molecular formula is C19H13ClN4O2. The van der Waals surface area contributed by atoms with Gasteiger partial charge >= 0.3 is 0 Å². The van der Waals surface area contributed by atoms with Gasteiger partial charge in [-0.05, 0) is 42.5 Å². The number of carbonyl (C=O) groups excluding carboxylic acids is 1. The zero-order chi connectivity index (χ0) is 17.9. The van der Waals surface area contributed by atoms with Gasteiger partial charge in [0, 0.05) is 24.3 Å². The summed E-state index contributed by atoms with van der Waals surface area (Å²) in [5.41, 5.74) is 1.62. The fourth-order valence-corrected chi connectivity index (χ4v) is 2.72. The molecule has 4 aromatic rings. The molecule has 1 aromatic carbocycles. The Bertz CT molecular complexity index is 1080. The van der Waals surface area contributed by atoms with E-state index in [1.54, 1.807) is 61.1 Å². The van der Waals surface area contributed by atoms with Crippen LogP contribution in [-0.2, 0) is 0 Å². The topological polar surface area (TPSA) is 79.9 Å². The quantitative estimate of drug-likeness (QED) is 0.552. The summed E-state index contributed by atoms with van der Waals surface area (Å²) >= 11 is 6.32. The van der Waals surface area contributed by atoms with Crippen LogP contribution in [0.2, 0.25) is 5.02 Å². The van der Waals surface area contributed by atoms with Gasteiger partial charge in [0.05, 0.1) is 10.4 Å². The van der Waals surface area contributed by atoms with Crippen LogP contribution in [0.1, 0.15) is 10.5 Å². The van der Waals surface area contributed by atoms with Crippen LogP contribution >= 0.6 is 11.6 Å². The van der Waals surface area contributed by atoms with Crippen molar-refractivity contribution in [3.63, 3.8) is 0 Å². The van der Waals surface area contributed by atoms with Gasteiger partial charge in [-0.25, -0.2) is 4.98 Å². The number of ether oxygens (including phenoxy) is 1. The molecule has 0 fully saturated rings. The molecule has 0 saturated heterocycles. The van der Waals surface area contributed by atoms with Gasteiger partial charge < -0.3 is 15.0 Å². The number of H-pyrrole nitrogens is 1. The SMILES string of the molecule is O=C(Nc1ccc(Oc2ccnc3[nH]ccc23)c(Cl)c1)c1ccccn1. The summed E-state index contributed by atoms with van der Waals surface area (Å²) in [5.74, 6) is 0.818. The molecular weight excluding hydrogens is 352 g/mol. The second-order valence-electron chi connectivity index (χ2n) is 5.47. The first-order valence-electron chi connectivity index (χ1n) is 7.82. The first-order chi connectivity index (χ1) is 12.7. The van der Waals surface area contributed by atoms with Gasteiger partial charge in [-0.15, -0.1) is 0 Å². The Hall–Kier alpha value is -3.38. The summed E-state index contributed by atoms with van der Waals surface area (Å²) < 4.78 is 5.91. The number of anilines is 1. The van der Waals surface area contributed by atoms with Crippen molar-refractivity contribution in [3.05, 3.63) is 77.8 Å². The summed E-state index contributed by atoms with van der Waals surface area (Å²) in [4.78, 5) is 23.4. The Morgan fingerprint density at radius 2 is 1.96 bits per heavy atom. The first-order valence-corrected chi connectivity index (χ1v) is 8.20. The molecule has 7 heteroatoms. The van der Waals surface area contributed by atoms with Crippen LogP contribution in [-0.4, -0.2) is 20.9 Å². The van der Waals surface area contributed by atoms with Crippen LogP contribution in [0.3, 0.4) is 0 Å². The molecule has 0 radical (unpaired) electrons. The molecule has 2 N–H and O–H groups in total. The van der Waals surface area contributed by atoms with Crippen LogP contribution in [0, 0.1) is 0 Å². The second-order valence-corrected chi connectivity index (χ2v) is 5.87. The number of pyridine rings is 2. The Morgan fingerprint density at radius 1 is 1.04 bits per heavy atom. The molecule has 0 aliphatic carbocycles. The zero-order valence-corrected chi connectivity index (χ0v) is 14.2. The predicted molar refractivity (Wildman–Crippen MR) is 99.8 cm³/mol. The maximum Gasteiger partial charge on any atom is 0.274 e. The van der Waals surface area contributed by atoms with Gasteiger partial charge in [-0.3, -0.25) is 9.78 Å². The van der Waals surface area contributed by atoms with E-state index in [0.29, 0.717) is 27.9 Å². The number of amides is 1. The molecule has 0 bridgehead atoms. The van der Waals surface area contributed by atoms with Crippen molar-refractivity contribution >= 4 is 34.2 Å². The lowest BCUT2D eigenvalue weighted by Crippen LogP contribution is -2.13. The van der Waals surface area contributed by atoms with E-state index in [9.17, 15) is 4.79 Å². The highest BCUT2D eigenvalue weighted by atomic mass is 35.5. The molecule has 1 amide bonds. The fourth-order valence-electron chi connectivity index (χ4n) is 2.50. The monoisotopic (exact) mass is 364 g/mol. The van der Waals surface area contributed by atoms with Gasteiger partial charge in [0.1, 0.15) is 22.8 Å². The maximum atomic E-state index is 12.2. The minimum Gasteiger partial charge on any atom is -0.455 e. The van der Waals surface area contributed by atoms with E-state index in [-0.39, 0.29) is 5.91 Å². The predicted octanol–water partition coefficient (Wildman–Crippen LogP) is 4.66. The van der Waals surface area contributed by atoms with Crippen molar-refractivity contribution in [1.82, 2.24) is 15.0 Å². The van der Waals surface area contributed by atoms with Crippen molar-refractivity contribution in [2.75, 3.05) is 5.32 Å². The number of halogens is 1. The summed E-state index contributed by atoms with van der Waals surface area (Å²) in [6, 6.07) is 13.8. The summed E-state index contributed by atoms with van der Waals surface area (Å²) in [6.07, 6.45) is 5.02. The van der Waals surface area contributed by atoms with E-state index in [2.05, 4.69) is 20.3 Å². The molecule has 3 aromatic heterocycles. The Morgan fingerprint density at radius 3 is 2.77 bits per heavy atom. The van der Waals surface area contributed by atoms with E-state index in [0.717, 1.165) is 11.0 Å². The van der Waals surface area contributed by atoms with Gasteiger partial charge in [-0.1, -0.05) is 17.7 Å². The lowest BCUT2D eigenvalue weighted by Gasteiger charge is -2.10. The van der Waals surface area contributed by atoms with Crippen molar-refractivity contribution in [3.8, 4) is 11.5 Å². The number of carbonyl (C=O) groups is 1. The standard InChI is InChI=1S/C19H13ClN4O2/c20-14-11-12(24-19(25)15-3-1-2-8-21-15)4-5-17(14)26-16-7-10-23-18-13(16)6-9-22-18/h1-11H,(H,22,23)(H,24,25). The van der Waals surface area contributed by atoms with E-state index in [1.165, 1.54) is 0 Å². The maximum absolute atomic E-state index is 12.2. The number of hydrogen-bond acceptors (Lipinski definition) is 4. The minimum atomic E-state index is -0.307. The summed E-state index contributed by atoms with van der Waals surface area (Å²) in [7, 11) is 0. The minimum absolute atomic E-state index is 0.307. The van der Waals surface area contributed by atoms with Crippen LogP contribution in [0.4, 0.5) is 5.69 Å². The fraction of sp³-hybridized carbons (Fsp3) is 0. The Labute approximate surface area is 153 Å². The second kappa shape index (κ2) is 6.85. The zero-order valence-electron chi connectivity index (χ0n) is 13.4. The molecule has 0 aliphatic heterocycles. The molecule has 0 atom stereocenters. The Balaban J connectivity index is 1.55. The average Bonchev–Trinajstić information content (AvgIpc) is 3.14.